The Bertz CT molecular complexity index is 539. The minimum absolute atomic E-state index is 0.690. The molecule has 2 aromatic rings. The third-order valence-electron chi connectivity index (χ3n) is 3.66. The number of nitrogens with zero attached hydrogens (tertiary/aromatic N) is 2. The molecule has 0 amide bonds. The number of anilines is 2. The molecular weight excluding hydrogens is 214 g/mol. The maximum Gasteiger partial charge on any atom is 0.298 e. The lowest BCUT2D eigenvalue weighted by Gasteiger charge is -2.11. The molecule has 1 aromatic carbocycles. The van der Waals surface area contributed by atoms with Crippen LogP contribution in [0.25, 0.3) is 11.1 Å². The second-order valence-corrected chi connectivity index (χ2v) is 5.08. The zero-order valence-electron chi connectivity index (χ0n) is 10.2. The molecule has 1 aliphatic heterocycles. The molecule has 4 heteroatoms. The first-order valence-corrected chi connectivity index (χ1v) is 6.04. The van der Waals surface area contributed by atoms with Gasteiger partial charge in [0.15, 0.2) is 5.58 Å². The van der Waals surface area contributed by atoms with E-state index in [0.717, 1.165) is 30.2 Å². The number of aromatic nitrogens is 1. The highest BCUT2D eigenvalue weighted by molar-refractivity contribution is 5.78. The third kappa shape index (κ3) is 1.73. The van der Waals surface area contributed by atoms with Crippen LogP contribution < -0.4 is 10.6 Å². The SMILES string of the molecule is CC1CN(c2nc3ccc(N)cc3o2)CC1C. The van der Waals surface area contributed by atoms with E-state index in [2.05, 4.69) is 23.7 Å². The molecule has 2 heterocycles. The van der Waals surface area contributed by atoms with Crippen LogP contribution >= 0.6 is 0 Å². The molecule has 1 saturated heterocycles. The van der Waals surface area contributed by atoms with E-state index in [1.165, 1.54) is 0 Å². The Morgan fingerprint density at radius 1 is 1.29 bits per heavy atom. The molecule has 2 atom stereocenters. The van der Waals surface area contributed by atoms with E-state index in [1.54, 1.807) is 0 Å². The lowest BCUT2D eigenvalue weighted by molar-refractivity contribution is 0.494. The average Bonchev–Trinajstić information content (AvgIpc) is 2.83. The quantitative estimate of drug-likeness (QED) is 0.766. The zero-order chi connectivity index (χ0) is 12.0. The van der Waals surface area contributed by atoms with Crippen molar-refractivity contribution in [1.82, 2.24) is 4.98 Å². The third-order valence-corrected chi connectivity index (χ3v) is 3.66. The summed E-state index contributed by atoms with van der Waals surface area (Å²) in [6.07, 6.45) is 0. The van der Waals surface area contributed by atoms with Gasteiger partial charge in [0.05, 0.1) is 0 Å². The summed E-state index contributed by atoms with van der Waals surface area (Å²) in [5.41, 5.74) is 8.09. The summed E-state index contributed by atoms with van der Waals surface area (Å²) in [5, 5.41) is 0. The lowest BCUT2D eigenvalue weighted by Crippen LogP contribution is -2.19. The van der Waals surface area contributed by atoms with Crippen LogP contribution in [0.3, 0.4) is 0 Å². The molecule has 2 unspecified atom stereocenters. The van der Waals surface area contributed by atoms with Gasteiger partial charge in [-0.15, -0.1) is 0 Å². The Labute approximate surface area is 100 Å². The number of oxazole rings is 1. The Morgan fingerprint density at radius 2 is 2.00 bits per heavy atom. The molecule has 0 radical (unpaired) electrons. The van der Waals surface area contributed by atoms with Crippen LogP contribution in [-0.4, -0.2) is 18.1 Å². The monoisotopic (exact) mass is 231 g/mol. The topological polar surface area (TPSA) is 55.3 Å². The van der Waals surface area contributed by atoms with E-state index >= 15 is 0 Å². The minimum Gasteiger partial charge on any atom is -0.423 e. The van der Waals surface area contributed by atoms with Gasteiger partial charge >= 0.3 is 0 Å². The Balaban J connectivity index is 1.96. The van der Waals surface area contributed by atoms with E-state index in [9.17, 15) is 0 Å². The van der Waals surface area contributed by atoms with Gasteiger partial charge < -0.3 is 15.1 Å². The van der Waals surface area contributed by atoms with E-state index in [0.29, 0.717) is 17.5 Å². The molecule has 0 saturated carbocycles. The van der Waals surface area contributed by atoms with E-state index in [-0.39, 0.29) is 0 Å². The van der Waals surface area contributed by atoms with Crippen LogP contribution in [0.2, 0.25) is 0 Å². The number of benzene rings is 1. The van der Waals surface area contributed by atoms with Gasteiger partial charge in [-0.2, -0.15) is 4.98 Å². The van der Waals surface area contributed by atoms with Gasteiger partial charge in [-0.05, 0) is 24.0 Å². The largest absolute Gasteiger partial charge is 0.423 e. The standard InChI is InChI=1S/C13H17N3O/c1-8-6-16(7-9(8)2)13-15-11-4-3-10(14)5-12(11)17-13/h3-5,8-9H,6-7,14H2,1-2H3. The molecule has 90 valence electrons. The van der Waals surface area contributed by atoms with Crippen molar-refractivity contribution in [1.29, 1.82) is 0 Å². The van der Waals surface area contributed by atoms with Gasteiger partial charge in [-0.1, -0.05) is 13.8 Å². The number of rotatable bonds is 1. The normalized spacial score (nSPS) is 24.7. The fourth-order valence-electron chi connectivity index (χ4n) is 2.35. The van der Waals surface area contributed by atoms with Crippen LogP contribution in [-0.2, 0) is 0 Å². The first-order valence-electron chi connectivity index (χ1n) is 6.04. The predicted octanol–water partition coefficient (Wildman–Crippen LogP) is 2.50. The summed E-state index contributed by atoms with van der Waals surface area (Å²) in [5.74, 6) is 1.38. The number of nitrogen functional groups attached to an aromatic ring is 1. The molecule has 1 aliphatic rings. The van der Waals surface area contributed by atoms with Crippen LogP contribution in [0.5, 0.6) is 0 Å². The fourth-order valence-corrected chi connectivity index (χ4v) is 2.35. The summed E-state index contributed by atoms with van der Waals surface area (Å²) in [4.78, 5) is 6.72. The van der Waals surface area contributed by atoms with Crippen LogP contribution in [0.15, 0.2) is 22.6 Å². The molecule has 0 bridgehead atoms. The zero-order valence-corrected chi connectivity index (χ0v) is 10.2. The first-order chi connectivity index (χ1) is 8.13. The van der Waals surface area contributed by atoms with E-state index in [4.69, 9.17) is 10.2 Å². The molecular formula is C13H17N3O. The smallest absolute Gasteiger partial charge is 0.298 e. The Kier molecular flexibility index (Phi) is 2.24. The summed E-state index contributed by atoms with van der Waals surface area (Å²) in [6, 6.07) is 6.31. The summed E-state index contributed by atoms with van der Waals surface area (Å²) >= 11 is 0. The Hall–Kier alpha value is -1.71. The minimum atomic E-state index is 0.690. The molecule has 0 spiro atoms. The molecule has 1 fully saturated rings. The van der Waals surface area contributed by atoms with Crippen LogP contribution in [0.4, 0.5) is 11.7 Å². The van der Waals surface area contributed by atoms with Crippen molar-refractivity contribution < 1.29 is 4.42 Å². The first kappa shape index (κ1) is 10.4. The van der Waals surface area contributed by atoms with E-state index < -0.39 is 0 Å². The predicted molar refractivity (Wildman–Crippen MR) is 69.0 cm³/mol. The number of hydrogen-bond acceptors (Lipinski definition) is 4. The van der Waals surface area contributed by atoms with Gasteiger partial charge in [-0.25, -0.2) is 0 Å². The highest BCUT2D eigenvalue weighted by Gasteiger charge is 2.28. The molecule has 1 aromatic heterocycles. The van der Waals surface area contributed by atoms with Crippen molar-refractivity contribution in [2.24, 2.45) is 11.8 Å². The molecule has 17 heavy (non-hydrogen) atoms. The Morgan fingerprint density at radius 3 is 2.71 bits per heavy atom. The number of fused-ring (bicyclic) bond motifs is 1. The summed E-state index contributed by atoms with van der Waals surface area (Å²) in [6.45, 7) is 6.57. The van der Waals surface area contributed by atoms with Crippen molar-refractivity contribution in [3.05, 3.63) is 18.2 Å². The second-order valence-electron chi connectivity index (χ2n) is 5.08. The maximum atomic E-state index is 5.76. The van der Waals surface area contributed by atoms with Crippen molar-refractivity contribution in [3.8, 4) is 0 Å². The van der Waals surface area contributed by atoms with Gasteiger partial charge in [-0.3, -0.25) is 0 Å². The van der Waals surface area contributed by atoms with Gasteiger partial charge in [0.1, 0.15) is 5.52 Å². The fraction of sp³-hybridized carbons (Fsp3) is 0.462. The molecule has 2 N–H and O–H groups in total. The average molecular weight is 231 g/mol. The van der Waals surface area contributed by atoms with Gasteiger partial charge in [0, 0.05) is 24.8 Å². The number of nitrogens with two attached hydrogens (primary N) is 1. The highest BCUT2D eigenvalue weighted by atomic mass is 16.4. The maximum absolute atomic E-state index is 5.76. The summed E-state index contributed by atoms with van der Waals surface area (Å²) < 4.78 is 5.76. The highest BCUT2D eigenvalue weighted by Crippen LogP contribution is 2.30. The molecule has 4 nitrogen and oxygen atoms in total. The van der Waals surface area contributed by atoms with Crippen molar-refractivity contribution in [2.75, 3.05) is 23.7 Å². The van der Waals surface area contributed by atoms with Gasteiger partial charge in [0.25, 0.3) is 6.01 Å². The van der Waals surface area contributed by atoms with Crippen molar-refractivity contribution in [3.63, 3.8) is 0 Å². The second kappa shape index (κ2) is 3.65. The van der Waals surface area contributed by atoms with Crippen LogP contribution in [0.1, 0.15) is 13.8 Å². The molecule has 3 rings (SSSR count). The van der Waals surface area contributed by atoms with Crippen molar-refractivity contribution in [2.45, 2.75) is 13.8 Å². The van der Waals surface area contributed by atoms with E-state index in [1.807, 2.05) is 18.2 Å². The molecule has 0 aliphatic carbocycles. The number of hydrogen-bond donors (Lipinski definition) is 1. The van der Waals surface area contributed by atoms with Gasteiger partial charge in [0.2, 0.25) is 0 Å². The lowest BCUT2D eigenvalue weighted by atomic mass is 10.0. The summed E-state index contributed by atoms with van der Waals surface area (Å²) in [7, 11) is 0. The van der Waals surface area contributed by atoms with Crippen LogP contribution in [0, 0.1) is 11.8 Å². The van der Waals surface area contributed by atoms with Crippen molar-refractivity contribution >= 4 is 22.8 Å².